The molecule has 0 bridgehead atoms. The maximum atomic E-state index is 11.5. The first-order valence-electron chi connectivity index (χ1n) is 6.89. The molecule has 2 N–H and O–H groups in total. The largest absolute Gasteiger partial charge is 0.387 e. The van der Waals surface area contributed by atoms with Crippen LogP contribution in [0, 0.1) is 0 Å². The number of aliphatic hydroxyl groups excluding tert-OH is 1. The minimum Gasteiger partial charge on any atom is -0.387 e. The number of nitrogens with zero attached hydrogens (tertiary/aromatic N) is 2. The van der Waals surface area contributed by atoms with Crippen LogP contribution in [0.5, 0.6) is 0 Å². The molecule has 2 aromatic carbocycles. The minimum absolute atomic E-state index is 0.475. The maximum Gasteiger partial charge on any atom is 0.251 e. The zero-order valence-corrected chi connectivity index (χ0v) is 11.8. The van der Waals surface area contributed by atoms with Crippen LogP contribution in [-0.4, -0.2) is 27.4 Å². The molecule has 0 saturated heterocycles. The number of aromatic nitrogens is 2. The van der Waals surface area contributed by atoms with Gasteiger partial charge in [0.25, 0.3) is 5.91 Å². The first kappa shape index (κ1) is 14.0. The van der Waals surface area contributed by atoms with Crippen LogP contribution in [-0.2, 0) is 4.79 Å². The van der Waals surface area contributed by atoms with E-state index in [2.05, 4.69) is 10.4 Å². The number of anilines is 1. The number of hydrogen-bond donors (Lipinski definition) is 2. The quantitative estimate of drug-likeness (QED) is 0.776. The number of rotatable bonds is 4. The van der Waals surface area contributed by atoms with Gasteiger partial charge < -0.3 is 10.4 Å². The lowest BCUT2D eigenvalue weighted by atomic mass is 10.2. The van der Waals surface area contributed by atoms with Crippen molar-refractivity contribution in [1.29, 1.82) is 0 Å². The van der Waals surface area contributed by atoms with E-state index in [0.717, 1.165) is 16.9 Å². The second kappa shape index (κ2) is 6.24. The van der Waals surface area contributed by atoms with E-state index < -0.39 is 12.5 Å². The van der Waals surface area contributed by atoms with Crippen molar-refractivity contribution in [2.75, 3.05) is 11.9 Å². The molecule has 0 saturated carbocycles. The minimum atomic E-state index is -0.569. The van der Waals surface area contributed by atoms with Crippen LogP contribution in [0.25, 0.3) is 16.9 Å². The number of nitrogens with one attached hydrogen (secondary N) is 1. The number of carbonyl (C=O) groups is 1. The zero-order valence-electron chi connectivity index (χ0n) is 11.8. The van der Waals surface area contributed by atoms with Crippen molar-refractivity contribution in [2.45, 2.75) is 0 Å². The van der Waals surface area contributed by atoms with Crippen LogP contribution in [0.3, 0.4) is 0 Å². The summed E-state index contributed by atoms with van der Waals surface area (Å²) in [5, 5.41) is 16.2. The van der Waals surface area contributed by atoms with Crippen LogP contribution >= 0.6 is 0 Å². The van der Waals surface area contributed by atoms with Crippen LogP contribution in [0.15, 0.2) is 66.7 Å². The summed E-state index contributed by atoms with van der Waals surface area (Å²) in [6.07, 6.45) is 0. The summed E-state index contributed by atoms with van der Waals surface area (Å²) in [5.74, 6) is 0.0424. The predicted octanol–water partition coefficient (Wildman–Crippen LogP) is 2.47. The van der Waals surface area contributed by atoms with E-state index in [1.165, 1.54) is 0 Å². The van der Waals surface area contributed by atoms with E-state index in [1.807, 2.05) is 60.7 Å². The third-order valence-electron chi connectivity index (χ3n) is 3.19. The number of para-hydroxylation sites is 1. The van der Waals surface area contributed by atoms with Gasteiger partial charge in [-0.05, 0) is 12.1 Å². The molecule has 3 aromatic rings. The summed E-state index contributed by atoms with van der Waals surface area (Å²) < 4.78 is 1.65. The van der Waals surface area contributed by atoms with Gasteiger partial charge in [-0.3, -0.25) is 4.79 Å². The molecule has 0 radical (unpaired) electrons. The summed E-state index contributed by atoms with van der Waals surface area (Å²) >= 11 is 0. The Morgan fingerprint density at radius 1 is 1.05 bits per heavy atom. The van der Waals surface area contributed by atoms with Crippen molar-refractivity contribution >= 4 is 11.7 Å². The molecule has 110 valence electrons. The molecular weight excluding hydrogens is 278 g/mol. The van der Waals surface area contributed by atoms with E-state index in [4.69, 9.17) is 5.11 Å². The number of hydrogen-bond acceptors (Lipinski definition) is 3. The fourth-order valence-electron chi connectivity index (χ4n) is 2.17. The normalized spacial score (nSPS) is 10.4. The van der Waals surface area contributed by atoms with Crippen molar-refractivity contribution in [3.8, 4) is 16.9 Å². The molecule has 5 heteroatoms. The van der Waals surface area contributed by atoms with Gasteiger partial charge in [0, 0.05) is 11.6 Å². The third-order valence-corrected chi connectivity index (χ3v) is 3.19. The van der Waals surface area contributed by atoms with Gasteiger partial charge in [0.15, 0.2) is 0 Å². The highest BCUT2D eigenvalue weighted by Gasteiger charge is 2.13. The fraction of sp³-hybridized carbons (Fsp3) is 0.0588. The average molecular weight is 293 g/mol. The standard InChI is InChI=1S/C17H15N3O2/c21-12-17(22)18-16-11-15(13-7-3-1-4-8-13)19-20(16)14-9-5-2-6-10-14/h1-11,21H,12H2,(H,18,22). The highest BCUT2D eigenvalue weighted by Crippen LogP contribution is 2.24. The van der Waals surface area contributed by atoms with Gasteiger partial charge in [0.2, 0.25) is 0 Å². The predicted molar refractivity (Wildman–Crippen MR) is 84.7 cm³/mol. The molecule has 22 heavy (non-hydrogen) atoms. The van der Waals surface area contributed by atoms with Gasteiger partial charge in [0.1, 0.15) is 12.4 Å². The van der Waals surface area contributed by atoms with Crippen LogP contribution < -0.4 is 5.32 Å². The topological polar surface area (TPSA) is 67.2 Å². The molecule has 1 heterocycles. The maximum absolute atomic E-state index is 11.5. The first-order valence-corrected chi connectivity index (χ1v) is 6.89. The Hall–Kier alpha value is -2.92. The Morgan fingerprint density at radius 2 is 1.68 bits per heavy atom. The molecule has 0 unspecified atom stereocenters. The molecule has 0 atom stereocenters. The van der Waals surface area contributed by atoms with Gasteiger partial charge in [-0.1, -0.05) is 48.5 Å². The third kappa shape index (κ3) is 2.89. The van der Waals surface area contributed by atoms with Gasteiger partial charge in [-0.15, -0.1) is 0 Å². The molecule has 1 aromatic heterocycles. The number of amides is 1. The smallest absolute Gasteiger partial charge is 0.251 e. The zero-order chi connectivity index (χ0) is 15.4. The lowest BCUT2D eigenvalue weighted by molar-refractivity contribution is -0.118. The second-order valence-electron chi connectivity index (χ2n) is 4.73. The fourth-order valence-corrected chi connectivity index (χ4v) is 2.17. The molecule has 3 rings (SSSR count). The van der Waals surface area contributed by atoms with Crippen LogP contribution in [0.2, 0.25) is 0 Å². The van der Waals surface area contributed by atoms with E-state index in [1.54, 1.807) is 10.7 Å². The van der Waals surface area contributed by atoms with Gasteiger partial charge in [-0.2, -0.15) is 5.10 Å². The average Bonchev–Trinajstić information content (AvgIpc) is 3.00. The lowest BCUT2D eigenvalue weighted by Crippen LogP contribution is -2.17. The van der Waals surface area contributed by atoms with Crippen LogP contribution in [0.1, 0.15) is 0 Å². The molecule has 0 aliphatic heterocycles. The number of carbonyl (C=O) groups excluding carboxylic acids is 1. The van der Waals surface area contributed by atoms with Crippen molar-refractivity contribution in [3.63, 3.8) is 0 Å². The highest BCUT2D eigenvalue weighted by atomic mass is 16.3. The van der Waals surface area contributed by atoms with E-state index >= 15 is 0 Å². The summed E-state index contributed by atoms with van der Waals surface area (Å²) in [5.41, 5.74) is 2.53. The SMILES string of the molecule is O=C(CO)Nc1cc(-c2ccccc2)nn1-c1ccccc1. The highest BCUT2D eigenvalue weighted by molar-refractivity contribution is 5.91. The number of aliphatic hydroxyl groups is 1. The van der Waals surface area contributed by atoms with Crippen molar-refractivity contribution in [3.05, 3.63) is 66.7 Å². The summed E-state index contributed by atoms with van der Waals surface area (Å²) in [7, 11) is 0. The van der Waals surface area contributed by atoms with Gasteiger partial charge in [0.05, 0.1) is 11.4 Å². The molecular formula is C17H15N3O2. The van der Waals surface area contributed by atoms with Crippen LogP contribution in [0.4, 0.5) is 5.82 Å². The van der Waals surface area contributed by atoms with Crippen molar-refractivity contribution < 1.29 is 9.90 Å². The Morgan fingerprint density at radius 3 is 2.32 bits per heavy atom. The Bertz CT molecular complexity index is 767. The Kier molecular flexibility index (Phi) is 3.98. The number of benzene rings is 2. The summed E-state index contributed by atoms with van der Waals surface area (Å²) in [6.45, 7) is -0.569. The first-order chi connectivity index (χ1) is 10.8. The molecule has 0 fully saturated rings. The molecule has 0 aliphatic carbocycles. The molecule has 0 aliphatic rings. The van der Waals surface area contributed by atoms with Crippen molar-refractivity contribution in [2.24, 2.45) is 0 Å². The molecule has 1 amide bonds. The summed E-state index contributed by atoms with van der Waals surface area (Å²) in [6, 6.07) is 21.0. The Balaban J connectivity index is 2.07. The monoisotopic (exact) mass is 293 g/mol. The second-order valence-corrected chi connectivity index (χ2v) is 4.73. The Labute approximate surface area is 127 Å². The van der Waals surface area contributed by atoms with Gasteiger partial charge >= 0.3 is 0 Å². The van der Waals surface area contributed by atoms with E-state index in [-0.39, 0.29) is 0 Å². The van der Waals surface area contributed by atoms with E-state index in [9.17, 15) is 4.79 Å². The van der Waals surface area contributed by atoms with Gasteiger partial charge in [-0.25, -0.2) is 4.68 Å². The molecule has 5 nitrogen and oxygen atoms in total. The molecule has 0 spiro atoms. The summed E-state index contributed by atoms with van der Waals surface area (Å²) in [4.78, 5) is 11.5. The van der Waals surface area contributed by atoms with Crippen molar-refractivity contribution in [1.82, 2.24) is 9.78 Å². The lowest BCUT2D eigenvalue weighted by Gasteiger charge is -2.07. The van der Waals surface area contributed by atoms with E-state index in [0.29, 0.717) is 5.82 Å².